The van der Waals surface area contributed by atoms with Crippen molar-refractivity contribution in [1.29, 1.82) is 0 Å². The fourth-order valence-corrected chi connectivity index (χ4v) is 3.24. The highest BCUT2D eigenvalue weighted by atomic mass is 19.4. The van der Waals surface area contributed by atoms with Crippen molar-refractivity contribution < 1.29 is 32.2 Å². The molecule has 1 saturated heterocycles. The van der Waals surface area contributed by atoms with Gasteiger partial charge >= 0.3 is 6.18 Å². The second-order valence-corrected chi connectivity index (χ2v) is 7.68. The van der Waals surface area contributed by atoms with Crippen LogP contribution in [0, 0.1) is 6.92 Å². The molecule has 32 heavy (non-hydrogen) atoms. The maximum absolute atomic E-state index is 12.6. The molecule has 1 fully saturated rings. The summed E-state index contributed by atoms with van der Waals surface area (Å²) in [5.74, 6) is -0.00261. The Morgan fingerprint density at radius 1 is 1.06 bits per heavy atom. The van der Waals surface area contributed by atoms with Crippen LogP contribution >= 0.6 is 0 Å². The average molecular weight is 450 g/mol. The Morgan fingerprint density at radius 2 is 1.75 bits per heavy atom. The van der Waals surface area contributed by atoms with Crippen molar-refractivity contribution in [1.82, 2.24) is 10.6 Å². The predicted molar refractivity (Wildman–Crippen MR) is 111 cm³/mol. The van der Waals surface area contributed by atoms with Crippen LogP contribution in [0.2, 0.25) is 0 Å². The van der Waals surface area contributed by atoms with Gasteiger partial charge in [-0.1, -0.05) is 29.8 Å². The largest absolute Gasteiger partial charge is 0.484 e. The number of hydrogen-bond acceptors (Lipinski definition) is 4. The molecule has 6 nitrogen and oxygen atoms in total. The van der Waals surface area contributed by atoms with Gasteiger partial charge in [-0.15, -0.1) is 0 Å². The first kappa shape index (κ1) is 23.6. The van der Waals surface area contributed by atoms with E-state index in [0.717, 1.165) is 17.7 Å². The van der Waals surface area contributed by atoms with E-state index in [-0.39, 0.29) is 37.6 Å². The maximum Gasteiger partial charge on any atom is 0.416 e. The lowest BCUT2D eigenvalue weighted by Crippen LogP contribution is -2.48. The van der Waals surface area contributed by atoms with Crippen LogP contribution in [0.5, 0.6) is 5.75 Å². The number of ether oxygens (including phenoxy) is 2. The number of hydrogen-bond donors (Lipinski definition) is 2. The van der Waals surface area contributed by atoms with Gasteiger partial charge in [-0.05, 0) is 49.6 Å². The van der Waals surface area contributed by atoms with Gasteiger partial charge in [0.05, 0.1) is 18.2 Å². The molecule has 0 bridgehead atoms. The van der Waals surface area contributed by atoms with Gasteiger partial charge in [0.1, 0.15) is 11.9 Å². The highest BCUT2D eigenvalue weighted by molar-refractivity contribution is 5.81. The summed E-state index contributed by atoms with van der Waals surface area (Å²) in [7, 11) is 0. The van der Waals surface area contributed by atoms with Gasteiger partial charge in [-0.25, -0.2) is 0 Å². The molecule has 2 aromatic carbocycles. The van der Waals surface area contributed by atoms with Gasteiger partial charge in [0.25, 0.3) is 5.91 Å². The molecule has 0 spiro atoms. The van der Waals surface area contributed by atoms with E-state index in [1.165, 1.54) is 12.1 Å². The number of carbonyl (C=O) groups is 2. The van der Waals surface area contributed by atoms with E-state index in [1.807, 2.05) is 19.1 Å². The maximum atomic E-state index is 12.6. The molecule has 2 amide bonds. The molecule has 3 rings (SSSR count). The number of carbonyl (C=O) groups excluding carboxylic acids is 2. The fourth-order valence-electron chi connectivity index (χ4n) is 3.24. The second-order valence-electron chi connectivity index (χ2n) is 7.68. The molecule has 9 heteroatoms. The summed E-state index contributed by atoms with van der Waals surface area (Å²) in [5, 5.41) is 5.50. The van der Waals surface area contributed by atoms with Crippen molar-refractivity contribution in [3.05, 3.63) is 65.2 Å². The Balaban J connectivity index is 1.36. The highest BCUT2D eigenvalue weighted by Crippen LogP contribution is 2.29. The van der Waals surface area contributed by atoms with Crippen LogP contribution in [0.25, 0.3) is 0 Å². The minimum atomic E-state index is -4.39. The van der Waals surface area contributed by atoms with Crippen LogP contribution in [0.1, 0.15) is 29.5 Å². The molecule has 1 heterocycles. The Morgan fingerprint density at radius 3 is 2.34 bits per heavy atom. The number of aryl methyl sites for hydroxylation is 1. The topological polar surface area (TPSA) is 76.7 Å². The fraction of sp³-hybridized carbons (Fsp3) is 0.391. The highest BCUT2D eigenvalue weighted by Gasteiger charge is 2.30. The molecule has 0 radical (unpaired) electrons. The molecule has 0 unspecified atom stereocenters. The third-order valence-corrected chi connectivity index (χ3v) is 5.07. The molecule has 0 saturated carbocycles. The molecule has 2 atom stereocenters. The standard InChI is InChI=1S/C23H25F3N2O4/c1-15-2-9-19(10-3-15)31-14-21(29)28-18-8-11-20(32-13-18)22(30)27-12-16-4-6-17(7-5-16)23(24,25)26/h2-7,9-10,18,20H,8,11-14H2,1H3,(H,27,30)(H,28,29)/t18-,20+/m1/s1. The third kappa shape index (κ3) is 6.98. The van der Waals surface area contributed by atoms with Crippen LogP contribution in [0.15, 0.2) is 48.5 Å². The number of benzene rings is 2. The zero-order valence-corrected chi connectivity index (χ0v) is 17.6. The summed E-state index contributed by atoms with van der Waals surface area (Å²) >= 11 is 0. The van der Waals surface area contributed by atoms with Gasteiger partial charge < -0.3 is 20.1 Å². The summed E-state index contributed by atoms with van der Waals surface area (Å²) < 4.78 is 48.8. The summed E-state index contributed by atoms with van der Waals surface area (Å²) in [4.78, 5) is 24.4. The molecular formula is C23H25F3N2O4. The summed E-state index contributed by atoms with van der Waals surface area (Å²) in [6.45, 7) is 2.14. The lowest BCUT2D eigenvalue weighted by molar-refractivity contribution is -0.138. The van der Waals surface area contributed by atoms with E-state index in [9.17, 15) is 22.8 Å². The number of alkyl halides is 3. The second kappa shape index (κ2) is 10.5. The molecule has 2 aromatic rings. The Kier molecular flexibility index (Phi) is 7.74. The molecule has 172 valence electrons. The Hall–Kier alpha value is -3.07. The quantitative estimate of drug-likeness (QED) is 0.678. The Labute approximate surface area is 184 Å². The number of nitrogens with one attached hydrogen (secondary N) is 2. The molecule has 1 aliphatic heterocycles. The van der Waals surface area contributed by atoms with Crippen LogP contribution in [-0.4, -0.2) is 37.2 Å². The lowest BCUT2D eigenvalue weighted by atomic mass is 10.0. The van der Waals surface area contributed by atoms with Crippen LogP contribution in [0.4, 0.5) is 13.2 Å². The van der Waals surface area contributed by atoms with E-state index < -0.39 is 17.8 Å². The molecule has 0 aromatic heterocycles. The van der Waals surface area contributed by atoms with Crippen molar-refractivity contribution in [2.24, 2.45) is 0 Å². The van der Waals surface area contributed by atoms with Crippen molar-refractivity contribution in [2.75, 3.05) is 13.2 Å². The minimum absolute atomic E-state index is 0.105. The van der Waals surface area contributed by atoms with Gasteiger partial charge in [0, 0.05) is 6.54 Å². The van der Waals surface area contributed by atoms with E-state index in [1.54, 1.807) is 12.1 Å². The van der Waals surface area contributed by atoms with E-state index >= 15 is 0 Å². The zero-order valence-electron chi connectivity index (χ0n) is 17.6. The summed E-state index contributed by atoms with van der Waals surface area (Å²) in [6, 6.07) is 11.8. The number of amides is 2. The minimum Gasteiger partial charge on any atom is -0.484 e. The van der Waals surface area contributed by atoms with Crippen molar-refractivity contribution in [3.8, 4) is 5.75 Å². The zero-order chi connectivity index (χ0) is 23.1. The Bertz CT molecular complexity index is 906. The smallest absolute Gasteiger partial charge is 0.416 e. The van der Waals surface area contributed by atoms with Gasteiger partial charge in [-0.3, -0.25) is 9.59 Å². The monoisotopic (exact) mass is 450 g/mol. The normalized spacial score (nSPS) is 18.6. The lowest BCUT2D eigenvalue weighted by Gasteiger charge is -2.28. The van der Waals surface area contributed by atoms with Crippen LogP contribution < -0.4 is 15.4 Å². The van der Waals surface area contributed by atoms with Crippen molar-refractivity contribution >= 4 is 11.8 Å². The van der Waals surface area contributed by atoms with E-state index in [0.29, 0.717) is 24.2 Å². The van der Waals surface area contributed by atoms with Crippen molar-refractivity contribution in [3.63, 3.8) is 0 Å². The van der Waals surface area contributed by atoms with Gasteiger partial charge in [-0.2, -0.15) is 13.2 Å². The van der Waals surface area contributed by atoms with Gasteiger partial charge in [0.2, 0.25) is 5.91 Å². The van der Waals surface area contributed by atoms with Crippen LogP contribution in [-0.2, 0) is 27.0 Å². The predicted octanol–water partition coefficient (Wildman–Crippen LogP) is 3.37. The first-order valence-corrected chi connectivity index (χ1v) is 10.2. The molecular weight excluding hydrogens is 425 g/mol. The van der Waals surface area contributed by atoms with E-state index in [4.69, 9.17) is 9.47 Å². The van der Waals surface area contributed by atoms with E-state index in [2.05, 4.69) is 10.6 Å². The number of halogens is 3. The van der Waals surface area contributed by atoms with Crippen molar-refractivity contribution in [2.45, 2.75) is 44.6 Å². The molecule has 0 aliphatic carbocycles. The first-order valence-electron chi connectivity index (χ1n) is 10.2. The average Bonchev–Trinajstić information content (AvgIpc) is 2.77. The third-order valence-electron chi connectivity index (χ3n) is 5.07. The molecule has 1 aliphatic rings. The first-order chi connectivity index (χ1) is 15.2. The summed E-state index contributed by atoms with van der Waals surface area (Å²) in [6.07, 6.45) is -4.07. The van der Waals surface area contributed by atoms with Crippen LogP contribution in [0.3, 0.4) is 0 Å². The number of rotatable bonds is 7. The SMILES string of the molecule is Cc1ccc(OCC(=O)N[C@@H]2CC[C@@H](C(=O)NCc3ccc(C(F)(F)F)cc3)OC2)cc1. The molecule has 2 N–H and O–H groups in total. The van der Waals surface area contributed by atoms with Gasteiger partial charge in [0.15, 0.2) is 6.61 Å². The summed E-state index contributed by atoms with van der Waals surface area (Å²) in [5.41, 5.74) is 0.917.